The van der Waals surface area contributed by atoms with Gasteiger partial charge in [-0.25, -0.2) is 0 Å². The van der Waals surface area contributed by atoms with Gasteiger partial charge < -0.3 is 19.5 Å². The van der Waals surface area contributed by atoms with Gasteiger partial charge in [0.25, 0.3) is 0 Å². The third kappa shape index (κ3) is 2.72. The van der Waals surface area contributed by atoms with Crippen molar-refractivity contribution in [2.24, 2.45) is 5.92 Å². The minimum absolute atomic E-state index is 0.213. The first-order valence-electron chi connectivity index (χ1n) is 7.45. The number of hydrogen-bond donors (Lipinski definition) is 1. The van der Waals surface area contributed by atoms with Gasteiger partial charge in [-0.2, -0.15) is 0 Å². The van der Waals surface area contributed by atoms with Gasteiger partial charge in [0.15, 0.2) is 5.79 Å². The Hall–Kier alpha value is -0.160. The van der Waals surface area contributed by atoms with Gasteiger partial charge in [0.05, 0.1) is 12.7 Å². The number of nitrogens with zero attached hydrogens (tertiary/aromatic N) is 1. The summed E-state index contributed by atoms with van der Waals surface area (Å²) < 4.78 is 12.1. The van der Waals surface area contributed by atoms with Crippen LogP contribution in [-0.4, -0.2) is 54.7 Å². The van der Waals surface area contributed by atoms with Gasteiger partial charge in [-0.05, 0) is 38.1 Å². The molecule has 0 radical (unpaired) electrons. The second-order valence-electron chi connectivity index (χ2n) is 6.10. The lowest BCUT2D eigenvalue weighted by Crippen LogP contribution is -2.34. The van der Waals surface area contributed by atoms with Gasteiger partial charge >= 0.3 is 0 Å². The number of aliphatic hydroxyl groups excluding tert-OH is 1. The van der Waals surface area contributed by atoms with Crippen molar-refractivity contribution in [1.29, 1.82) is 0 Å². The van der Waals surface area contributed by atoms with Gasteiger partial charge in [0.2, 0.25) is 0 Å². The first-order chi connectivity index (χ1) is 8.80. The van der Waals surface area contributed by atoms with E-state index in [1.807, 2.05) is 0 Å². The molecule has 2 heterocycles. The highest BCUT2D eigenvalue weighted by Gasteiger charge is 2.44. The fourth-order valence-corrected chi connectivity index (χ4v) is 3.67. The molecule has 0 bridgehead atoms. The molecular formula is C14H25NO3. The summed E-state index contributed by atoms with van der Waals surface area (Å²) in [6.45, 7) is 4.36. The van der Waals surface area contributed by atoms with E-state index in [4.69, 9.17) is 14.6 Å². The van der Waals surface area contributed by atoms with Crippen LogP contribution in [0.4, 0.5) is 0 Å². The molecule has 4 heteroatoms. The van der Waals surface area contributed by atoms with E-state index in [1.165, 1.54) is 19.3 Å². The van der Waals surface area contributed by atoms with Crippen LogP contribution in [-0.2, 0) is 9.47 Å². The normalized spacial score (nSPS) is 35.8. The van der Waals surface area contributed by atoms with Crippen molar-refractivity contribution in [1.82, 2.24) is 4.90 Å². The van der Waals surface area contributed by atoms with E-state index in [9.17, 15) is 0 Å². The zero-order valence-electron chi connectivity index (χ0n) is 11.1. The van der Waals surface area contributed by atoms with E-state index in [2.05, 4.69) is 4.90 Å². The third-order valence-electron chi connectivity index (χ3n) is 4.65. The van der Waals surface area contributed by atoms with E-state index in [0.29, 0.717) is 12.5 Å². The molecule has 0 aromatic heterocycles. The van der Waals surface area contributed by atoms with Gasteiger partial charge in [0.1, 0.15) is 0 Å². The van der Waals surface area contributed by atoms with Crippen LogP contribution in [0.3, 0.4) is 0 Å². The van der Waals surface area contributed by atoms with Crippen LogP contribution in [0, 0.1) is 5.92 Å². The van der Waals surface area contributed by atoms with Crippen LogP contribution in [0.2, 0.25) is 0 Å². The minimum Gasteiger partial charge on any atom is -0.396 e. The van der Waals surface area contributed by atoms with Crippen LogP contribution < -0.4 is 0 Å². The van der Waals surface area contributed by atoms with Crippen molar-refractivity contribution >= 4 is 0 Å². The van der Waals surface area contributed by atoms with E-state index in [0.717, 1.165) is 45.5 Å². The average Bonchev–Trinajstić information content (AvgIpc) is 3.06. The molecule has 1 aliphatic carbocycles. The fourth-order valence-electron chi connectivity index (χ4n) is 3.67. The molecule has 1 saturated carbocycles. The Morgan fingerprint density at radius 2 is 2.11 bits per heavy atom. The summed E-state index contributed by atoms with van der Waals surface area (Å²) in [7, 11) is 0. The molecule has 2 saturated heterocycles. The van der Waals surface area contributed by atoms with E-state index in [-0.39, 0.29) is 11.9 Å². The molecular weight excluding hydrogens is 230 g/mol. The summed E-state index contributed by atoms with van der Waals surface area (Å²) in [6.07, 6.45) is 7.08. The van der Waals surface area contributed by atoms with Crippen molar-refractivity contribution in [3.8, 4) is 0 Å². The lowest BCUT2D eigenvalue weighted by atomic mass is 10.1. The molecule has 2 unspecified atom stereocenters. The van der Waals surface area contributed by atoms with Gasteiger partial charge in [-0.1, -0.05) is 0 Å². The molecule has 3 fully saturated rings. The molecule has 0 aromatic carbocycles. The summed E-state index contributed by atoms with van der Waals surface area (Å²) in [4.78, 5) is 2.47. The number of hydrogen-bond acceptors (Lipinski definition) is 4. The quantitative estimate of drug-likeness (QED) is 0.824. The zero-order chi connectivity index (χ0) is 12.4. The molecule has 0 aromatic rings. The second-order valence-corrected chi connectivity index (χ2v) is 6.10. The van der Waals surface area contributed by atoms with E-state index >= 15 is 0 Å². The van der Waals surface area contributed by atoms with Crippen LogP contribution in [0.15, 0.2) is 0 Å². The van der Waals surface area contributed by atoms with Crippen LogP contribution in [0.1, 0.15) is 38.5 Å². The van der Waals surface area contributed by atoms with Crippen LogP contribution >= 0.6 is 0 Å². The molecule has 2 atom stereocenters. The highest BCUT2D eigenvalue weighted by Crippen LogP contribution is 2.39. The molecule has 2 aliphatic heterocycles. The SMILES string of the molecule is OCCC1CCN(CC2COC3(CCCC3)O2)C1. The Balaban J connectivity index is 1.44. The number of likely N-dealkylation sites (tertiary alicyclic amines) is 1. The first kappa shape index (κ1) is 12.9. The van der Waals surface area contributed by atoms with Crippen molar-refractivity contribution in [2.75, 3.05) is 32.8 Å². The predicted octanol–water partition coefficient (Wildman–Crippen LogP) is 1.38. The standard InChI is InChI=1S/C14H25NO3/c16-8-4-12-3-7-15(9-12)10-13-11-17-14(18-13)5-1-2-6-14/h12-13,16H,1-11H2. The molecule has 1 N–H and O–H groups in total. The maximum absolute atomic E-state index is 8.97. The Labute approximate surface area is 109 Å². The van der Waals surface area contributed by atoms with Gasteiger partial charge in [-0.15, -0.1) is 0 Å². The number of ether oxygens (including phenoxy) is 2. The lowest BCUT2D eigenvalue weighted by molar-refractivity contribution is -0.163. The maximum atomic E-state index is 8.97. The molecule has 1 spiro atoms. The largest absolute Gasteiger partial charge is 0.396 e. The van der Waals surface area contributed by atoms with Crippen molar-refractivity contribution in [3.05, 3.63) is 0 Å². The molecule has 0 amide bonds. The second kappa shape index (κ2) is 5.45. The first-order valence-corrected chi connectivity index (χ1v) is 7.45. The Kier molecular flexibility index (Phi) is 3.89. The predicted molar refractivity (Wildman–Crippen MR) is 68.3 cm³/mol. The third-order valence-corrected chi connectivity index (χ3v) is 4.65. The van der Waals surface area contributed by atoms with E-state index < -0.39 is 0 Å². The summed E-state index contributed by atoms with van der Waals surface area (Å²) in [6, 6.07) is 0. The molecule has 4 nitrogen and oxygen atoms in total. The number of aliphatic hydroxyl groups is 1. The van der Waals surface area contributed by atoms with Gasteiger partial charge in [0, 0.05) is 32.5 Å². The number of rotatable bonds is 4. The van der Waals surface area contributed by atoms with Gasteiger partial charge in [-0.3, -0.25) is 0 Å². The van der Waals surface area contributed by atoms with Crippen molar-refractivity contribution in [3.63, 3.8) is 0 Å². The average molecular weight is 255 g/mol. The molecule has 18 heavy (non-hydrogen) atoms. The molecule has 104 valence electrons. The topological polar surface area (TPSA) is 41.9 Å². The molecule has 3 rings (SSSR count). The minimum atomic E-state index is -0.213. The van der Waals surface area contributed by atoms with Crippen LogP contribution in [0.25, 0.3) is 0 Å². The highest BCUT2D eigenvalue weighted by atomic mass is 16.7. The summed E-state index contributed by atoms with van der Waals surface area (Å²) in [5, 5.41) is 8.97. The van der Waals surface area contributed by atoms with Crippen LogP contribution in [0.5, 0.6) is 0 Å². The summed E-state index contributed by atoms with van der Waals surface area (Å²) >= 11 is 0. The fraction of sp³-hybridized carbons (Fsp3) is 1.00. The Morgan fingerprint density at radius 3 is 2.89 bits per heavy atom. The van der Waals surface area contributed by atoms with Crippen molar-refractivity contribution in [2.45, 2.75) is 50.4 Å². The maximum Gasteiger partial charge on any atom is 0.168 e. The zero-order valence-corrected chi connectivity index (χ0v) is 11.1. The highest BCUT2D eigenvalue weighted by molar-refractivity contribution is 4.86. The molecule has 3 aliphatic rings. The summed E-state index contributed by atoms with van der Waals surface area (Å²) in [5.41, 5.74) is 0. The Morgan fingerprint density at radius 1 is 1.28 bits per heavy atom. The monoisotopic (exact) mass is 255 g/mol. The lowest BCUT2D eigenvalue weighted by Gasteiger charge is -2.24. The smallest absolute Gasteiger partial charge is 0.168 e. The summed E-state index contributed by atoms with van der Waals surface area (Å²) in [5.74, 6) is 0.465. The van der Waals surface area contributed by atoms with Crippen molar-refractivity contribution < 1.29 is 14.6 Å². The van der Waals surface area contributed by atoms with E-state index in [1.54, 1.807) is 0 Å². The Bertz CT molecular complexity index is 278.